The maximum Gasteiger partial charge on any atom is 0.318 e. The number of carbonyl (C=O) groups is 2. The second kappa shape index (κ2) is 5.10. The van der Waals surface area contributed by atoms with Crippen LogP contribution in [0.2, 0.25) is 0 Å². The zero-order valence-corrected chi connectivity index (χ0v) is 6.39. The Kier molecular flexibility index (Phi) is 4.74. The summed E-state index contributed by atoms with van der Waals surface area (Å²) in [7, 11) is 1.26. The van der Waals surface area contributed by atoms with Crippen molar-refractivity contribution in [3.63, 3.8) is 0 Å². The average Bonchev–Trinajstić information content (AvgIpc) is 1.99. The van der Waals surface area contributed by atoms with Crippen LogP contribution in [0, 0.1) is 0 Å². The molecule has 0 aromatic rings. The van der Waals surface area contributed by atoms with Gasteiger partial charge in [-0.1, -0.05) is 0 Å². The normalized spacial score (nSPS) is 8.60. The van der Waals surface area contributed by atoms with Gasteiger partial charge in [-0.15, -0.1) is 0 Å². The standard InChI is InChI=1S/C5H8O4S/c1-8-4(6)2-3-5(7)9-10/h10H,2-3H2,1H3. The van der Waals surface area contributed by atoms with E-state index in [1.54, 1.807) is 0 Å². The monoisotopic (exact) mass is 164 g/mol. The molecular formula is C5H8O4S. The van der Waals surface area contributed by atoms with Crippen LogP contribution in [0.1, 0.15) is 12.8 Å². The molecule has 0 saturated carbocycles. The third-order valence-corrected chi connectivity index (χ3v) is 1.07. The van der Waals surface area contributed by atoms with E-state index in [9.17, 15) is 9.59 Å². The van der Waals surface area contributed by atoms with E-state index in [0.29, 0.717) is 0 Å². The predicted molar refractivity (Wildman–Crippen MR) is 36.3 cm³/mol. The van der Waals surface area contributed by atoms with Gasteiger partial charge in [0.25, 0.3) is 0 Å². The van der Waals surface area contributed by atoms with Crippen molar-refractivity contribution in [3.05, 3.63) is 0 Å². The van der Waals surface area contributed by atoms with Gasteiger partial charge in [0.2, 0.25) is 0 Å². The fraction of sp³-hybridized carbons (Fsp3) is 0.600. The van der Waals surface area contributed by atoms with Crippen LogP contribution in [0.15, 0.2) is 0 Å². The van der Waals surface area contributed by atoms with Crippen LogP contribution in [0.3, 0.4) is 0 Å². The first-order chi connectivity index (χ1) is 4.70. The van der Waals surface area contributed by atoms with E-state index in [4.69, 9.17) is 0 Å². The molecule has 0 N–H and O–H groups in total. The summed E-state index contributed by atoms with van der Waals surface area (Å²) in [5, 5.41) is 0. The van der Waals surface area contributed by atoms with E-state index in [2.05, 4.69) is 21.8 Å². The highest BCUT2D eigenvalue weighted by molar-refractivity contribution is 7.75. The summed E-state index contributed by atoms with van der Waals surface area (Å²) >= 11 is 3.25. The Balaban J connectivity index is 3.35. The number of ether oxygens (including phenoxy) is 1. The quantitative estimate of drug-likeness (QED) is 0.371. The van der Waals surface area contributed by atoms with E-state index < -0.39 is 11.9 Å². The van der Waals surface area contributed by atoms with Gasteiger partial charge < -0.3 is 8.92 Å². The molecular weight excluding hydrogens is 156 g/mol. The Morgan fingerprint density at radius 2 is 1.80 bits per heavy atom. The second-order valence-electron chi connectivity index (χ2n) is 1.54. The molecule has 0 aliphatic rings. The van der Waals surface area contributed by atoms with Crippen LogP contribution in [0.25, 0.3) is 0 Å². The Morgan fingerprint density at radius 3 is 2.20 bits per heavy atom. The summed E-state index contributed by atoms with van der Waals surface area (Å²) in [6.45, 7) is 0. The number of esters is 1. The van der Waals surface area contributed by atoms with Crippen LogP contribution in [-0.4, -0.2) is 19.0 Å². The van der Waals surface area contributed by atoms with Crippen molar-refractivity contribution in [1.29, 1.82) is 0 Å². The number of methoxy groups -OCH3 is 1. The SMILES string of the molecule is COC(=O)CCC(=O)OS. The fourth-order valence-corrected chi connectivity index (χ4v) is 0.443. The summed E-state index contributed by atoms with van der Waals surface area (Å²) in [4.78, 5) is 20.7. The molecule has 0 radical (unpaired) electrons. The molecule has 0 fully saturated rings. The van der Waals surface area contributed by atoms with Gasteiger partial charge in [-0.3, -0.25) is 9.59 Å². The number of hydrogen-bond acceptors (Lipinski definition) is 5. The van der Waals surface area contributed by atoms with Crippen molar-refractivity contribution < 1.29 is 18.5 Å². The third-order valence-electron chi connectivity index (χ3n) is 0.863. The topological polar surface area (TPSA) is 52.6 Å². The molecule has 10 heavy (non-hydrogen) atoms. The van der Waals surface area contributed by atoms with Gasteiger partial charge >= 0.3 is 11.9 Å². The molecule has 0 aromatic heterocycles. The van der Waals surface area contributed by atoms with E-state index >= 15 is 0 Å². The van der Waals surface area contributed by atoms with E-state index in [1.807, 2.05) is 0 Å². The average molecular weight is 164 g/mol. The lowest BCUT2D eigenvalue weighted by molar-refractivity contribution is -0.144. The number of carbonyl (C=O) groups excluding carboxylic acids is 2. The molecule has 0 saturated heterocycles. The van der Waals surface area contributed by atoms with Gasteiger partial charge in [0.1, 0.15) is 0 Å². The highest BCUT2D eigenvalue weighted by Crippen LogP contribution is 1.95. The maximum absolute atomic E-state index is 10.4. The highest BCUT2D eigenvalue weighted by Gasteiger charge is 2.05. The third kappa shape index (κ3) is 4.20. The minimum Gasteiger partial charge on any atom is -0.469 e. The number of hydrogen-bond donors (Lipinski definition) is 1. The largest absolute Gasteiger partial charge is 0.469 e. The zero-order valence-electron chi connectivity index (χ0n) is 5.49. The first kappa shape index (κ1) is 9.29. The van der Waals surface area contributed by atoms with Gasteiger partial charge in [-0.2, -0.15) is 0 Å². The molecule has 0 rings (SSSR count). The van der Waals surface area contributed by atoms with Gasteiger partial charge in [0.05, 0.1) is 20.0 Å². The highest BCUT2D eigenvalue weighted by atomic mass is 32.1. The molecule has 0 atom stereocenters. The number of rotatable bonds is 3. The predicted octanol–water partition coefficient (Wildman–Crippen LogP) is 0.328. The molecule has 0 spiro atoms. The van der Waals surface area contributed by atoms with Crippen LogP contribution in [0.5, 0.6) is 0 Å². The van der Waals surface area contributed by atoms with Gasteiger partial charge in [-0.25, -0.2) is 0 Å². The minimum absolute atomic E-state index is 0.0101. The molecule has 0 amide bonds. The Morgan fingerprint density at radius 1 is 1.30 bits per heavy atom. The molecule has 0 heterocycles. The summed E-state index contributed by atoms with van der Waals surface area (Å²) in [6.07, 6.45) is 0.0477. The van der Waals surface area contributed by atoms with Gasteiger partial charge in [0.15, 0.2) is 0 Å². The van der Waals surface area contributed by atoms with Crippen molar-refractivity contribution in [2.75, 3.05) is 7.11 Å². The first-order valence-corrected chi connectivity index (χ1v) is 2.98. The van der Waals surface area contributed by atoms with Gasteiger partial charge in [-0.05, 0) is 0 Å². The van der Waals surface area contributed by atoms with E-state index in [-0.39, 0.29) is 12.8 Å². The molecule has 4 nitrogen and oxygen atoms in total. The van der Waals surface area contributed by atoms with Crippen molar-refractivity contribution in [2.45, 2.75) is 12.8 Å². The smallest absolute Gasteiger partial charge is 0.318 e. The van der Waals surface area contributed by atoms with Crippen molar-refractivity contribution in [3.8, 4) is 0 Å². The van der Waals surface area contributed by atoms with E-state index in [0.717, 1.165) is 0 Å². The molecule has 0 aliphatic carbocycles. The van der Waals surface area contributed by atoms with Gasteiger partial charge in [0, 0.05) is 12.9 Å². The lowest BCUT2D eigenvalue weighted by Crippen LogP contribution is -2.04. The summed E-state index contributed by atoms with van der Waals surface area (Å²) in [5.41, 5.74) is 0. The number of thiol groups is 1. The molecule has 0 aromatic carbocycles. The Hall–Kier alpha value is -0.710. The summed E-state index contributed by atoms with van der Waals surface area (Å²) in [5.74, 6) is -0.965. The Bertz CT molecular complexity index is 118. The zero-order chi connectivity index (χ0) is 7.98. The van der Waals surface area contributed by atoms with Crippen molar-refractivity contribution in [1.82, 2.24) is 0 Å². The molecule has 5 heteroatoms. The lowest BCUT2D eigenvalue weighted by atomic mass is 10.3. The van der Waals surface area contributed by atoms with Crippen LogP contribution in [-0.2, 0) is 18.5 Å². The van der Waals surface area contributed by atoms with Crippen molar-refractivity contribution in [2.24, 2.45) is 0 Å². The minimum atomic E-state index is -0.534. The molecule has 58 valence electrons. The maximum atomic E-state index is 10.4. The molecule has 0 aliphatic heterocycles. The first-order valence-electron chi connectivity index (χ1n) is 2.61. The van der Waals surface area contributed by atoms with Crippen LogP contribution >= 0.6 is 12.9 Å². The second-order valence-corrected chi connectivity index (χ2v) is 1.72. The Labute approximate surface area is 64.1 Å². The molecule has 0 bridgehead atoms. The lowest BCUT2D eigenvalue weighted by Gasteiger charge is -1.95. The summed E-state index contributed by atoms with van der Waals surface area (Å²) < 4.78 is 8.27. The van der Waals surface area contributed by atoms with E-state index in [1.165, 1.54) is 7.11 Å². The molecule has 0 unspecified atom stereocenters. The fourth-order valence-electron chi connectivity index (χ4n) is 0.352. The van der Waals surface area contributed by atoms with Crippen LogP contribution < -0.4 is 0 Å². The van der Waals surface area contributed by atoms with Crippen molar-refractivity contribution >= 4 is 24.8 Å². The van der Waals surface area contributed by atoms with Crippen LogP contribution in [0.4, 0.5) is 0 Å². The summed E-state index contributed by atoms with van der Waals surface area (Å²) in [6, 6.07) is 0.